The minimum absolute atomic E-state index is 0.0160. The first kappa shape index (κ1) is 13.0. The second kappa shape index (κ2) is 4.83. The third kappa shape index (κ3) is 3.49. The minimum Gasteiger partial charge on any atom is -0.240 e. The number of rotatable bonds is 2. The van der Waals surface area contributed by atoms with Gasteiger partial charge < -0.3 is 0 Å². The van der Waals surface area contributed by atoms with Gasteiger partial charge in [-0.1, -0.05) is 45.0 Å². The van der Waals surface area contributed by atoms with Crippen molar-refractivity contribution >= 4 is 9.73 Å². The Bertz CT molecular complexity index is 474. The molecule has 0 aromatic heterocycles. The Morgan fingerprint density at radius 3 is 2.19 bits per heavy atom. The smallest absolute Gasteiger partial charge is 0.0963 e. The SMILES string of the molecule is CN=S(=O)(/C=C/C(C)(C)C)c1ccccc1. The van der Waals surface area contributed by atoms with Crippen LogP contribution in [-0.4, -0.2) is 11.3 Å². The lowest BCUT2D eigenvalue weighted by molar-refractivity contribution is 0.544. The highest BCUT2D eigenvalue weighted by Gasteiger charge is 2.10. The van der Waals surface area contributed by atoms with Crippen LogP contribution in [0, 0.1) is 5.41 Å². The molecule has 88 valence electrons. The fourth-order valence-corrected chi connectivity index (χ4v) is 2.79. The van der Waals surface area contributed by atoms with E-state index >= 15 is 0 Å². The van der Waals surface area contributed by atoms with Crippen LogP contribution in [-0.2, 0) is 9.73 Å². The average molecular weight is 237 g/mol. The number of nitrogens with zero attached hydrogens (tertiary/aromatic N) is 1. The van der Waals surface area contributed by atoms with Gasteiger partial charge in [0.15, 0.2) is 0 Å². The molecule has 0 bridgehead atoms. The van der Waals surface area contributed by atoms with Crippen LogP contribution in [0.15, 0.2) is 51.1 Å². The van der Waals surface area contributed by atoms with Crippen LogP contribution in [0.3, 0.4) is 0 Å². The molecule has 0 aliphatic heterocycles. The van der Waals surface area contributed by atoms with Crippen LogP contribution in [0.1, 0.15) is 20.8 Å². The first-order chi connectivity index (χ1) is 7.37. The second-order valence-corrected chi connectivity index (χ2v) is 6.98. The summed E-state index contributed by atoms with van der Waals surface area (Å²) in [6, 6.07) is 9.37. The average Bonchev–Trinajstić information content (AvgIpc) is 2.26. The summed E-state index contributed by atoms with van der Waals surface area (Å²) in [5, 5.41) is 1.72. The zero-order valence-electron chi connectivity index (χ0n) is 10.3. The van der Waals surface area contributed by atoms with Gasteiger partial charge in [0.25, 0.3) is 0 Å². The van der Waals surface area contributed by atoms with Crippen molar-refractivity contribution in [2.24, 2.45) is 9.78 Å². The van der Waals surface area contributed by atoms with Gasteiger partial charge in [0, 0.05) is 12.5 Å². The molecule has 0 N–H and O–H groups in total. The molecule has 0 aliphatic rings. The lowest BCUT2D eigenvalue weighted by atomic mass is 9.98. The van der Waals surface area contributed by atoms with Gasteiger partial charge in [-0.15, -0.1) is 0 Å². The Morgan fingerprint density at radius 2 is 1.75 bits per heavy atom. The normalized spacial score (nSPS) is 16.0. The molecule has 16 heavy (non-hydrogen) atoms. The van der Waals surface area contributed by atoms with E-state index in [4.69, 9.17) is 0 Å². The molecule has 1 aromatic rings. The van der Waals surface area contributed by atoms with Gasteiger partial charge in [-0.3, -0.25) is 0 Å². The van der Waals surface area contributed by atoms with Crippen molar-refractivity contribution in [1.29, 1.82) is 0 Å². The molecular weight excluding hydrogens is 218 g/mol. The Kier molecular flexibility index (Phi) is 3.92. The Hall–Kier alpha value is -1.09. The molecule has 0 saturated carbocycles. The van der Waals surface area contributed by atoms with E-state index in [9.17, 15) is 4.21 Å². The van der Waals surface area contributed by atoms with Gasteiger partial charge in [0.05, 0.1) is 14.6 Å². The van der Waals surface area contributed by atoms with Crippen molar-refractivity contribution in [2.75, 3.05) is 7.05 Å². The predicted molar refractivity (Wildman–Crippen MR) is 69.8 cm³/mol. The van der Waals surface area contributed by atoms with Gasteiger partial charge in [-0.2, -0.15) is 0 Å². The summed E-state index contributed by atoms with van der Waals surface area (Å²) in [7, 11) is -0.795. The predicted octanol–water partition coefficient (Wildman–Crippen LogP) is 3.70. The van der Waals surface area contributed by atoms with Crippen LogP contribution in [0.4, 0.5) is 0 Å². The molecule has 0 heterocycles. The lowest BCUT2D eigenvalue weighted by Crippen LogP contribution is -2.02. The highest BCUT2D eigenvalue weighted by molar-refractivity contribution is 7.96. The van der Waals surface area contributed by atoms with Crippen LogP contribution >= 0.6 is 0 Å². The number of hydrogen-bond donors (Lipinski definition) is 0. The largest absolute Gasteiger partial charge is 0.240 e. The molecule has 1 atom stereocenters. The standard InChI is InChI=1S/C13H19NOS/c1-13(2,3)10-11-16(15,14-4)12-8-6-5-7-9-12/h5-11H,1-4H3/b11-10+. The van der Waals surface area contributed by atoms with Crippen LogP contribution < -0.4 is 0 Å². The first-order valence-corrected chi connectivity index (χ1v) is 6.85. The molecular formula is C13H19NOS. The molecule has 1 rings (SSSR count). The molecule has 0 fully saturated rings. The molecule has 0 aliphatic carbocycles. The van der Waals surface area contributed by atoms with E-state index in [-0.39, 0.29) is 5.41 Å². The van der Waals surface area contributed by atoms with Gasteiger partial charge in [0.1, 0.15) is 0 Å². The van der Waals surface area contributed by atoms with E-state index in [1.165, 1.54) is 0 Å². The monoisotopic (exact) mass is 237 g/mol. The van der Waals surface area contributed by atoms with Gasteiger partial charge >= 0.3 is 0 Å². The van der Waals surface area contributed by atoms with E-state index in [0.29, 0.717) is 0 Å². The Morgan fingerprint density at radius 1 is 1.19 bits per heavy atom. The van der Waals surface area contributed by atoms with Gasteiger partial charge in [-0.25, -0.2) is 8.57 Å². The molecule has 0 saturated heterocycles. The maximum Gasteiger partial charge on any atom is 0.0963 e. The van der Waals surface area contributed by atoms with E-state index in [0.717, 1.165) is 4.90 Å². The van der Waals surface area contributed by atoms with Crippen molar-refractivity contribution in [3.05, 3.63) is 41.8 Å². The molecule has 0 amide bonds. The molecule has 0 radical (unpaired) electrons. The summed E-state index contributed by atoms with van der Waals surface area (Å²) in [5.41, 5.74) is 0.0160. The highest BCUT2D eigenvalue weighted by atomic mass is 32.2. The van der Waals surface area contributed by atoms with E-state index in [1.54, 1.807) is 12.5 Å². The number of hydrogen-bond acceptors (Lipinski definition) is 2. The summed E-state index contributed by atoms with van der Waals surface area (Å²) in [6.45, 7) is 6.22. The summed E-state index contributed by atoms with van der Waals surface area (Å²) in [5.74, 6) is 0. The molecule has 1 aromatic carbocycles. The first-order valence-electron chi connectivity index (χ1n) is 5.27. The number of benzene rings is 1. The summed E-state index contributed by atoms with van der Waals surface area (Å²) in [4.78, 5) is 0.762. The van der Waals surface area contributed by atoms with Crippen molar-refractivity contribution in [2.45, 2.75) is 25.7 Å². The summed E-state index contributed by atoms with van der Waals surface area (Å²) >= 11 is 0. The van der Waals surface area contributed by atoms with E-state index < -0.39 is 9.73 Å². The zero-order valence-corrected chi connectivity index (χ0v) is 11.1. The van der Waals surface area contributed by atoms with Gasteiger partial charge in [-0.05, 0) is 17.5 Å². The minimum atomic E-state index is -2.39. The van der Waals surface area contributed by atoms with Crippen molar-refractivity contribution in [1.82, 2.24) is 0 Å². The fourth-order valence-electron chi connectivity index (χ4n) is 1.16. The third-order valence-corrected chi connectivity index (χ3v) is 4.10. The second-order valence-electron chi connectivity index (χ2n) is 4.73. The molecule has 0 spiro atoms. The van der Waals surface area contributed by atoms with Crippen LogP contribution in [0.5, 0.6) is 0 Å². The third-order valence-electron chi connectivity index (χ3n) is 2.10. The van der Waals surface area contributed by atoms with Crippen LogP contribution in [0.25, 0.3) is 0 Å². The van der Waals surface area contributed by atoms with Gasteiger partial charge in [0.2, 0.25) is 0 Å². The van der Waals surface area contributed by atoms with Crippen LogP contribution in [0.2, 0.25) is 0 Å². The summed E-state index contributed by atoms with van der Waals surface area (Å²) in [6.07, 6.45) is 1.95. The number of allylic oxidation sites excluding steroid dienone is 1. The van der Waals surface area contributed by atoms with Crippen molar-refractivity contribution in [3.8, 4) is 0 Å². The van der Waals surface area contributed by atoms with E-state index in [2.05, 4.69) is 25.1 Å². The highest BCUT2D eigenvalue weighted by Crippen LogP contribution is 2.20. The maximum atomic E-state index is 12.5. The Labute approximate surface area is 98.6 Å². The van der Waals surface area contributed by atoms with Crippen molar-refractivity contribution < 1.29 is 4.21 Å². The molecule has 3 heteroatoms. The lowest BCUT2D eigenvalue weighted by Gasteiger charge is -2.12. The zero-order chi connectivity index (χ0) is 12.2. The Balaban J connectivity index is 3.17. The fraction of sp³-hybridized carbons (Fsp3) is 0.385. The van der Waals surface area contributed by atoms with E-state index in [1.807, 2.05) is 36.4 Å². The molecule has 1 unspecified atom stereocenters. The maximum absolute atomic E-state index is 12.5. The quantitative estimate of drug-likeness (QED) is 0.771. The summed E-state index contributed by atoms with van der Waals surface area (Å²) < 4.78 is 16.6. The topological polar surface area (TPSA) is 29.4 Å². The van der Waals surface area contributed by atoms with Crippen molar-refractivity contribution in [3.63, 3.8) is 0 Å². The molecule has 2 nitrogen and oxygen atoms in total.